The molecule has 0 unspecified atom stereocenters. The van der Waals surface area contributed by atoms with Crippen molar-refractivity contribution >= 4 is 26.7 Å². The Morgan fingerprint density at radius 3 is 2.55 bits per heavy atom. The van der Waals surface area contributed by atoms with Crippen molar-refractivity contribution in [1.82, 2.24) is 5.32 Å². The van der Waals surface area contributed by atoms with Gasteiger partial charge >= 0.3 is 5.63 Å². The van der Waals surface area contributed by atoms with Crippen LogP contribution >= 0.6 is 0 Å². The quantitative estimate of drug-likeness (QED) is 0.584. The topological polar surface area (TPSA) is 112 Å². The maximum atomic E-state index is 12.4. The van der Waals surface area contributed by atoms with Gasteiger partial charge in [0.1, 0.15) is 17.1 Å². The Morgan fingerprint density at radius 1 is 1.13 bits per heavy atom. The summed E-state index contributed by atoms with van der Waals surface area (Å²) in [6, 6.07) is 13.0. The maximum Gasteiger partial charge on any atom is 0.344 e. The predicted molar refractivity (Wildman–Crippen MR) is 115 cm³/mol. The second kappa shape index (κ2) is 8.27. The van der Waals surface area contributed by atoms with Gasteiger partial charge in [-0.2, -0.15) is 0 Å². The van der Waals surface area contributed by atoms with E-state index in [0.29, 0.717) is 28.2 Å². The van der Waals surface area contributed by atoms with Crippen molar-refractivity contribution in [3.63, 3.8) is 0 Å². The second-order valence-electron chi connectivity index (χ2n) is 7.00. The first-order valence-electron chi connectivity index (χ1n) is 9.38. The number of methoxy groups -OCH3 is 1. The number of carbonyl (C=O) groups is 1. The second-order valence-corrected chi connectivity index (χ2v) is 8.93. The van der Waals surface area contributed by atoms with Gasteiger partial charge in [0.05, 0.1) is 24.5 Å². The molecule has 0 aliphatic carbocycles. The lowest BCUT2D eigenvalue weighted by Gasteiger charge is -2.11. The van der Waals surface area contributed by atoms with Crippen LogP contribution < -0.4 is 20.4 Å². The Bertz CT molecular complexity index is 1320. The van der Waals surface area contributed by atoms with Gasteiger partial charge in [0.15, 0.2) is 16.4 Å². The maximum absolute atomic E-state index is 12.4. The number of hydrogen-bond donors (Lipinski definition) is 1. The normalized spacial score (nSPS) is 16.9. The monoisotopic (exact) mass is 441 g/mol. The fraction of sp³-hybridized carbons (Fsp3) is 0.182. The Hall–Kier alpha value is -3.59. The largest absolute Gasteiger partial charge is 0.497 e. The molecule has 0 fully saturated rings. The van der Waals surface area contributed by atoms with Gasteiger partial charge in [-0.15, -0.1) is 0 Å². The highest BCUT2D eigenvalue weighted by atomic mass is 32.2. The Morgan fingerprint density at radius 2 is 1.87 bits per heavy atom. The van der Waals surface area contributed by atoms with Crippen LogP contribution in [0, 0.1) is 0 Å². The number of fused-ring (bicyclic) bond motifs is 1. The average molecular weight is 441 g/mol. The minimum Gasteiger partial charge on any atom is -0.497 e. The SMILES string of the molecule is COc1ccc2oc(=O)c(-c3ccc(OCC(=O)N[C@@H]4C=CS(=O)(=O)C4)cc3)cc2c1. The van der Waals surface area contributed by atoms with E-state index < -0.39 is 27.4 Å². The third-order valence-electron chi connectivity index (χ3n) is 4.75. The Labute approximate surface area is 178 Å². The van der Waals surface area contributed by atoms with E-state index in [1.807, 2.05) is 0 Å². The number of sulfone groups is 1. The third-order valence-corrected chi connectivity index (χ3v) is 6.15. The van der Waals surface area contributed by atoms with E-state index in [9.17, 15) is 18.0 Å². The number of rotatable bonds is 6. The first kappa shape index (κ1) is 20.7. The number of carbonyl (C=O) groups excluding carboxylic acids is 1. The van der Waals surface area contributed by atoms with Gasteiger partial charge in [0.25, 0.3) is 5.91 Å². The van der Waals surface area contributed by atoms with Crippen molar-refractivity contribution in [2.45, 2.75) is 6.04 Å². The van der Waals surface area contributed by atoms with E-state index in [2.05, 4.69) is 5.32 Å². The molecular formula is C22H19NO7S. The molecule has 0 bridgehead atoms. The number of hydrogen-bond acceptors (Lipinski definition) is 7. The molecule has 9 heteroatoms. The standard InChI is InChI=1S/C22H19NO7S/c1-28-18-6-7-20-15(10-18)11-19(22(25)30-20)14-2-4-17(5-3-14)29-12-21(24)23-16-8-9-31(26,27)13-16/h2-11,16H,12-13H2,1H3,(H,23,24)/t16-/m1/s1. The van der Waals surface area contributed by atoms with Crippen molar-refractivity contribution < 1.29 is 27.1 Å². The summed E-state index contributed by atoms with van der Waals surface area (Å²) in [6.45, 7) is -0.262. The molecular weight excluding hydrogens is 422 g/mol. The fourth-order valence-corrected chi connectivity index (χ4v) is 4.46. The third kappa shape index (κ3) is 4.77. The summed E-state index contributed by atoms with van der Waals surface area (Å²) in [5.74, 6) is 0.508. The summed E-state index contributed by atoms with van der Waals surface area (Å²) in [4.78, 5) is 24.3. The highest BCUT2D eigenvalue weighted by Gasteiger charge is 2.23. The van der Waals surface area contributed by atoms with E-state index in [1.54, 1.807) is 55.6 Å². The van der Waals surface area contributed by atoms with Crippen LogP contribution in [0.5, 0.6) is 11.5 Å². The van der Waals surface area contributed by atoms with Gasteiger partial charge in [0, 0.05) is 10.8 Å². The summed E-state index contributed by atoms with van der Waals surface area (Å²) in [6.07, 6.45) is 1.44. The molecule has 4 rings (SSSR count). The summed E-state index contributed by atoms with van der Waals surface area (Å²) in [5.41, 5.74) is 1.02. The van der Waals surface area contributed by atoms with Crippen LogP contribution in [-0.4, -0.2) is 39.8 Å². The molecule has 8 nitrogen and oxygen atoms in total. The van der Waals surface area contributed by atoms with Crippen LogP contribution in [0.25, 0.3) is 22.1 Å². The Balaban J connectivity index is 1.43. The van der Waals surface area contributed by atoms with Crippen LogP contribution in [0.4, 0.5) is 0 Å². The number of ether oxygens (including phenoxy) is 2. The lowest BCUT2D eigenvalue weighted by Crippen LogP contribution is -2.38. The number of benzene rings is 2. The highest BCUT2D eigenvalue weighted by Crippen LogP contribution is 2.25. The zero-order valence-corrected chi connectivity index (χ0v) is 17.3. The first-order valence-corrected chi connectivity index (χ1v) is 11.1. The van der Waals surface area contributed by atoms with Crippen LogP contribution in [0.3, 0.4) is 0 Å². The van der Waals surface area contributed by atoms with Crippen molar-refractivity contribution in [2.75, 3.05) is 19.5 Å². The van der Waals surface area contributed by atoms with E-state index in [0.717, 1.165) is 10.8 Å². The molecule has 1 aliphatic heterocycles. The molecule has 0 radical (unpaired) electrons. The summed E-state index contributed by atoms with van der Waals surface area (Å²) in [7, 11) is -1.67. The molecule has 160 valence electrons. The van der Waals surface area contributed by atoms with E-state index in [-0.39, 0.29) is 12.4 Å². The van der Waals surface area contributed by atoms with Crippen LogP contribution in [-0.2, 0) is 14.6 Å². The zero-order valence-electron chi connectivity index (χ0n) is 16.5. The minimum atomic E-state index is -3.24. The molecule has 31 heavy (non-hydrogen) atoms. The van der Waals surface area contributed by atoms with Crippen LogP contribution in [0.1, 0.15) is 0 Å². The van der Waals surface area contributed by atoms with Gasteiger partial charge in [-0.05, 0) is 48.0 Å². The average Bonchev–Trinajstić information content (AvgIpc) is 3.10. The van der Waals surface area contributed by atoms with E-state index >= 15 is 0 Å². The van der Waals surface area contributed by atoms with Crippen molar-refractivity contribution in [2.24, 2.45) is 0 Å². The lowest BCUT2D eigenvalue weighted by molar-refractivity contribution is -0.123. The summed E-state index contributed by atoms with van der Waals surface area (Å²) in [5, 5.41) is 4.41. The minimum absolute atomic E-state index is 0.145. The van der Waals surface area contributed by atoms with Gasteiger partial charge < -0.3 is 19.2 Å². The number of amides is 1. The van der Waals surface area contributed by atoms with Crippen molar-refractivity contribution in [3.8, 4) is 22.6 Å². The van der Waals surface area contributed by atoms with Crippen LogP contribution in [0.15, 0.2) is 69.2 Å². The van der Waals surface area contributed by atoms with Gasteiger partial charge in [-0.25, -0.2) is 13.2 Å². The molecule has 1 atom stereocenters. The predicted octanol–water partition coefficient (Wildman–Crippen LogP) is 2.27. The molecule has 1 N–H and O–H groups in total. The molecule has 1 aromatic heterocycles. The summed E-state index contributed by atoms with van der Waals surface area (Å²) >= 11 is 0. The van der Waals surface area contributed by atoms with Crippen molar-refractivity contribution in [3.05, 3.63) is 70.4 Å². The molecule has 1 aliphatic rings. The van der Waals surface area contributed by atoms with Gasteiger partial charge in [0.2, 0.25) is 0 Å². The highest BCUT2D eigenvalue weighted by molar-refractivity contribution is 7.94. The smallest absolute Gasteiger partial charge is 0.344 e. The molecule has 3 aromatic rings. The van der Waals surface area contributed by atoms with E-state index in [1.165, 1.54) is 6.08 Å². The molecule has 2 aromatic carbocycles. The van der Waals surface area contributed by atoms with Gasteiger partial charge in [-0.3, -0.25) is 4.79 Å². The molecule has 0 spiro atoms. The Kier molecular flexibility index (Phi) is 5.51. The molecule has 1 amide bonds. The first-order chi connectivity index (χ1) is 14.8. The molecule has 0 saturated carbocycles. The van der Waals surface area contributed by atoms with E-state index in [4.69, 9.17) is 13.9 Å². The molecule has 2 heterocycles. The lowest BCUT2D eigenvalue weighted by atomic mass is 10.1. The van der Waals surface area contributed by atoms with Crippen LogP contribution in [0.2, 0.25) is 0 Å². The summed E-state index contributed by atoms with van der Waals surface area (Å²) < 4.78 is 38.8. The number of nitrogens with one attached hydrogen (secondary N) is 1. The zero-order chi connectivity index (χ0) is 22.0. The molecule has 0 saturated heterocycles. The van der Waals surface area contributed by atoms with Crippen molar-refractivity contribution in [1.29, 1.82) is 0 Å². The fourth-order valence-electron chi connectivity index (χ4n) is 3.22. The van der Waals surface area contributed by atoms with Gasteiger partial charge in [-0.1, -0.05) is 12.1 Å².